The SMILES string of the molecule is Cc1ccc(CN2C(=O)CC(CO[C@H]3CCOC3)=C(Br)c3ccccc32)cc1F. The smallest absolute Gasteiger partial charge is 0.231 e. The number of benzene rings is 2. The van der Waals surface area contributed by atoms with Gasteiger partial charge in [-0.2, -0.15) is 0 Å². The van der Waals surface area contributed by atoms with E-state index in [4.69, 9.17) is 9.47 Å². The van der Waals surface area contributed by atoms with Gasteiger partial charge in [0, 0.05) is 16.7 Å². The second kappa shape index (κ2) is 8.78. The molecule has 2 aromatic carbocycles. The fourth-order valence-electron chi connectivity index (χ4n) is 3.64. The number of fused-ring (bicyclic) bond motifs is 1. The normalized spacial score (nSPS) is 19.5. The first-order valence-corrected chi connectivity index (χ1v) is 10.5. The molecular weight excluding hydrogens is 437 g/mol. The number of ether oxygens (including phenoxy) is 2. The Morgan fingerprint density at radius 1 is 1.28 bits per heavy atom. The highest BCUT2D eigenvalue weighted by atomic mass is 79.9. The zero-order chi connectivity index (χ0) is 20.4. The van der Waals surface area contributed by atoms with Gasteiger partial charge in [-0.25, -0.2) is 4.39 Å². The standard InChI is InChI=1S/C23H23BrFNO3/c1-15-6-7-16(10-20(15)25)12-26-21-5-3-2-4-19(21)23(24)17(11-22(26)27)13-29-18-8-9-28-14-18/h2-7,10,18H,8-9,11-14H2,1H3/t18-/m0/s1. The molecule has 4 rings (SSSR count). The Morgan fingerprint density at radius 2 is 2.10 bits per heavy atom. The number of hydrogen-bond acceptors (Lipinski definition) is 3. The number of halogens is 2. The van der Waals surface area contributed by atoms with Crippen LogP contribution in [0.3, 0.4) is 0 Å². The molecule has 0 N–H and O–H groups in total. The van der Waals surface area contributed by atoms with Crippen molar-refractivity contribution in [1.29, 1.82) is 0 Å². The van der Waals surface area contributed by atoms with Crippen molar-refractivity contribution >= 4 is 32.0 Å². The first kappa shape index (κ1) is 20.3. The Bertz CT molecular complexity index is 953. The number of hydrogen-bond donors (Lipinski definition) is 0. The second-order valence-electron chi connectivity index (χ2n) is 7.47. The molecule has 1 fully saturated rings. The van der Waals surface area contributed by atoms with E-state index in [9.17, 15) is 9.18 Å². The number of amides is 1. The van der Waals surface area contributed by atoms with Crippen molar-refractivity contribution in [2.45, 2.75) is 32.4 Å². The number of nitrogens with zero attached hydrogens (tertiary/aromatic N) is 1. The van der Waals surface area contributed by atoms with Gasteiger partial charge in [-0.1, -0.05) is 46.3 Å². The number of aryl methyl sites for hydroxylation is 1. The predicted octanol–water partition coefficient (Wildman–Crippen LogP) is 4.98. The summed E-state index contributed by atoms with van der Waals surface area (Å²) in [6, 6.07) is 12.9. The van der Waals surface area contributed by atoms with Gasteiger partial charge in [-0.3, -0.25) is 4.79 Å². The van der Waals surface area contributed by atoms with Crippen LogP contribution in [0.5, 0.6) is 0 Å². The van der Waals surface area contributed by atoms with Crippen LogP contribution in [0.1, 0.15) is 29.5 Å². The minimum atomic E-state index is -0.259. The molecule has 1 saturated heterocycles. The largest absolute Gasteiger partial charge is 0.379 e. The molecule has 4 nitrogen and oxygen atoms in total. The zero-order valence-electron chi connectivity index (χ0n) is 16.3. The number of carbonyl (C=O) groups excluding carboxylic acids is 1. The van der Waals surface area contributed by atoms with Crippen LogP contribution in [0.15, 0.2) is 48.0 Å². The Labute approximate surface area is 178 Å². The molecule has 29 heavy (non-hydrogen) atoms. The van der Waals surface area contributed by atoms with Crippen molar-refractivity contribution in [3.8, 4) is 0 Å². The first-order chi connectivity index (χ1) is 14.0. The van der Waals surface area contributed by atoms with Gasteiger partial charge in [0.05, 0.1) is 38.0 Å². The molecule has 1 atom stereocenters. The van der Waals surface area contributed by atoms with E-state index in [-0.39, 0.29) is 24.2 Å². The van der Waals surface area contributed by atoms with Crippen LogP contribution < -0.4 is 4.90 Å². The van der Waals surface area contributed by atoms with E-state index < -0.39 is 0 Å². The van der Waals surface area contributed by atoms with Crippen LogP contribution in [0, 0.1) is 12.7 Å². The van der Waals surface area contributed by atoms with Crippen LogP contribution >= 0.6 is 15.9 Å². The van der Waals surface area contributed by atoms with E-state index in [1.807, 2.05) is 30.3 Å². The topological polar surface area (TPSA) is 38.8 Å². The average Bonchev–Trinajstić information content (AvgIpc) is 3.22. The maximum atomic E-state index is 14.0. The van der Waals surface area contributed by atoms with Gasteiger partial charge >= 0.3 is 0 Å². The van der Waals surface area contributed by atoms with Crippen LogP contribution in [0.2, 0.25) is 0 Å². The van der Waals surface area contributed by atoms with Gasteiger partial charge < -0.3 is 14.4 Å². The minimum Gasteiger partial charge on any atom is -0.379 e. The highest BCUT2D eigenvalue weighted by Gasteiger charge is 2.28. The Morgan fingerprint density at radius 3 is 2.86 bits per heavy atom. The van der Waals surface area contributed by atoms with Crippen LogP contribution in [0.25, 0.3) is 4.48 Å². The van der Waals surface area contributed by atoms with Crippen LogP contribution in [0.4, 0.5) is 10.1 Å². The second-order valence-corrected chi connectivity index (χ2v) is 8.26. The highest BCUT2D eigenvalue weighted by Crippen LogP contribution is 2.38. The fraction of sp³-hybridized carbons (Fsp3) is 0.348. The minimum absolute atomic E-state index is 0.0332. The Balaban J connectivity index is 1.62. The van der Waals surface area contributed by atoms with Gasteiger partial charge in [-0.15, -0.1) is 0 Å². The molecule has 2 aliphatic heterocycles. The van der Waals surface area contributed by atoms with E-state index in [0.717, 1.165) is 33.3 Å². The summed E-state index contributed by atoms with van der Waals surface area (Å²) >= 11 is 3.70. The third-order valence-electron chi connectivity index (χ3n) is 5.37. The predicted molar refractivity (Wildman–Crippen MR) is 114 cm³/mol. The maximum absolute atomic E-state index is 14.0. The molecule has 0 spiro atoms. The molecule has 0 radical (unpaired) electrons. The van der Waals surface area contributed by atoms with E-state index in [0.29, 0.717) is 31.9 Å². The van der Waals surface area contributed by atoms with Gasteiger partial charge in [0.1, 0.15) is 5.82 Å². The first-order valence-electron chi connectivity index (χ1n) is 9.74. The fourth-order valence-corrected chi connectivity index (χ4v) is 4.23. The third kappa shape index (κ3) is 4.44. The summed E-state index contributed by atoms with van der Waals surface area (Å²) in [4.78, 5) is 14.9. The third-order valence-corrected chi connectivity index (χ3v) is 6.35. The van der Waals surface area contributed by atoms with Crippen LogP contribution in [-0.2, 0) is 20.8 Å². The highest BCUT2D eigenvalue weighted by molar-refractivity contribution is 9.15. The molecule has 0 saturated carbocycles. The molecule has 2 aliphatic rings. The lowest BCUT2D eigenvalue weighted by Crippen LogP contribution is -2.30. The number of para-hydroxylation sites is 1. The average molecular weight is 460 g/mol. The summed E-state index contributed by atoms with van der Waals surface area (Å²) in [6.07, 6.45) is 1.20. The molecule has 152 valence electrons. The van der Waals surface area contributed by atoms with Crippen molar-refractivity contribution in [1.82, 2.24) is 0 Å². The van der Waals surface area contributed by atoms with E-state index >= 15 is 0 Å². The summed E-state index contributed by atoms with van der Waals surface area (Å²) < 4.78 is 26.3. The van der Waals surface area contributed by atoms with Crippen molar-refractivity contribution in [2.24, 2.45) is 0 Å². The van der Waals surface area contributed by atoms with E-state index in [2.05, 4.69) is 15.9 Å². The summed E-state index contributed by atoms with van der Waals surface area (Å²) in [7, 11) is 0. The van der Waals surface area contributed by atoms with E-state index in [1.54, 1.807) is 17.9 Å². The van der Waals surface area contributed by atoms with Crippen molar-refractivity contribution in [3.05, 3.63) is 70.5 Å². The van der Waals surface area contributed by atoms with E-state index in [1.165, 1.54) is 6.07 Å². The summed E-state index contributed by atoms with van der Waals surface area (Å²) in [5.74, 6) is -0.292. The van der Waals surface area contributed by atoms with Crippen molar-refractivity contribution in [3.63, 3.8) is 0 Å². The summed E-state index contributed by atoms with van der Waals surface area (Å²) in [5.41, 5.74) is 4.01. The molecule has 6 heteroatoms. The molecule has 0 bridgehead atoms. The number of rotatable bonds is 5. The maximum Gasteiger partial charge on any atom is 0.231 e. The number of carbonyl (C=O) groups is 1. The molecule has 1 amide bonds. The Hall–Kier alpha value is -2.02. The molecule has 0 aromatic heterocycles. The Kier molecular flexibility index (Phi) is 6.13. The van der Waals surface area contributed by atoms with Crippen molar-refractivity contribution in [2.75, 3.05) is 24.7 Å². The van der Waals surface area contributed by atoms with Gasteiger partial charge in [0.2, 0.25) is 5.91 Å². The summed E-state index contributed by atoms with van der Waals surface area (Å²) in [6.45, 7) is 3.74. The van der Waals surface area contributed by atoms with Gasteiger partial charge in [0.15, 0.2) is 0 Å². The molecule has 2 heterocycles. The lowest BCUT2D eigenvalue weighted by molar-refractivity contribution is -0.118. The molecular formula is C23H23BrFNO3. The van der Waals surface area contributed by atoms with Crippen LogP contribution in [-0.4, -0.2) is 31.8 Å². The molecule has 0 unspecified atom stereocenters. The number of anilines is 1. The quantitative estimate of drug-likeness (QED) is 0.632. The molecule has 2 aromatic rings. The molecule has 0 aliphatic carbocycles. The van der Waals surface area contributed by atoms with Crippen molar-refractivity contribution < 1.29 is 18.7 Å². The summed E-state index contributed by atoms with van der Waals surface area (Å²) in [5, 5.41) is 0. The zero-order valence-corrected chi connectivity index (χ0v) is 17.9. The van der Waals surface area contributed by atoms with Gasteiger partial charge in [-0.05, 0) is 42.2 Å². The lowest BCUT2D eigenvalue weighted by Gasteiger charge is -2.23. The lowest BCUT2D eigenvalue weighted by atomic mass is 10.1. The monoisotopic (exact) mass is 459 g/mol. The van der Waals surface area contributed by atoms with Gasteiger partial charge in [0.25, 0.3) is 0 Å².